The lowest BCUT2D eigenvalue weighted by atomic mass is 10.00. The molecule has 1 aromatic rings. The Morgan fingerprint density at radius 3 is 2.68 bits per heavy atom. The molecule has 0 radical (unpaired) electrons. The highest BCUT2D eigenvalue weighted by Gasteiger charge is 2.21. The van der Waals surface area contributed by atoms with Crippen molar-refractivity contribution >= 4 is 16.5 Å². The number of rotatable bonds is 7. The van der Waals surface area contributed by atoms with Crippen LogP contribution in [-0.2, 0) is 6.54 Å². The molecule has 19 heavy (non-hydrogen) atoms. The smallest absolute Gasteiger partial charge is 0.185 e. The van der Waals surface area contributed by atoms with E-state index in [0.717, 1.165) is 30.7 Å². The molecule has 0 bridgehead atoms. The topological polar surface area (TPSA) is 28.2 Å². The van der Waals surface area contributed by atoms with E-state index < -0.39 is 0 Å². The Balaban J connectivity index is 1.82. The lowest BCUT2D eigenvalue weighted by Gasteiger charge is -2.20. The van der Waals surface area contributed by atoms with Gasteiger partial charge in [0.05, 0.1) is 0 Å². The second kappa shape index (κ2) is 7.25. The minimum absolute atomic E-state index is 0.640. The molecule has 0 aliphatic heterocycles. The number of hydrogen-bond acceptors (Lipinski definition) is 4. The first kappa shape index (κ1) is 14.8. The summed E-state index contributed by atoms with van der Waals surface area (Å²) < 4.78 is 0. The molecule has 1 aliphatic carbocycles. The van der Waals surface area contributed by atoms with Gasteiger partial charge >= 0.3 is 0 Å². The van der Waals surface area contributed by atoms with Gasteiger partial charge in [0.1, 0.15) is 0 Å². The normalized spacial score (nSPS) is 17.8. The van der Waals surface area contributed by atoms with Crippen molar-refractivity contribution < 1.29 is 0 Å². The van der Waals surface area contributed by atoms with Crippen molar-refractivity contribution in [2.75, 3.05) is 18.0 Å². The van der Waals surface area contributed by atoms with E-state index in [1.165, 1.54) is 30.6 Å². The van der Waals surface area contributed by atoms with Crippen LogP contribution in [0.3, 0.4) is 0 Å². The molecule has 1 saturated carbocycles. The molecule has 4 heteroatoms. The highest BCUT2D eigenvalue weighted by molar-refractivity contribution is 7.15. The van der Waals surface area contributed by atoms with E-state index >= 15 is 0 Å². The van der Waals surface area contributed by atoms with Crippen LogP contribution < -0.4 is 10.2 Å². The van der Waals surface area contributed by atoms with E-state index in [1.807, 2.05) is 17.5 Å². The van der Waals surface area contributed by atoms with E-state index in [0.29, 0.717) is 6.04 Å². The van der Waals surface area contributed by atoms with Gasteiger partial charge in [0.15, 0.2) is 5.13 Å². The first-order valence-corrected chi connectivity index (χ1v) is 8.49. The molecule has 1 aliphatic rings. The molecule has 1 fully saturated rings. The zero-order chi connectivity index (χ0) is 13.7. The number of aromatic nitrogens is 1. The van der Waals surface area contributed by atoms with Crippen LogP contribution in [0.25, 0.3) is 0 Å². The van der Waals surface area contributed by atoms with Crippen molar-refractivity contribution in [1.82, 2.24) is 10.3 Å². The lowest BCUT2D eigenvalue weighted by Crippen LogP contribution is -2.31. The van der Waals surface area contributed by atoms with Crippen molar-refractivity contribution in [1.29, 1.82) is 0 Å². The zero-order valence-corrected chi connectivity index (χ0v) is 13.3. The number of anilines is 1. The third-order valence-electron chi connectivity index (χ3n) is 4.28. The van der Waals surface area contributed by atoms with Gasteiger partial charge in [-0.3, -0.25) is 0 Å². The summed E-state index contributed by atoms with van der Waals surface area (Å²) in [6, 6.07) is 0.640. The monoisotopic (exact) mass is 281 g/mol. The first-order valence-electron chi connectivity index (χ1n) is 7.67. The molecule has 1 atom stereocenters. The van der Waals surface area contributed by atoms with E-state index in [4.69, 9.17) is 0 Å². The van der Waals surface area contributed by atoms with Crippen molar-refractivity contribution in [2.24, 2.45) is 5.92 Å². The summed E-state index contributed by atoms with van der Waals surface area (Å²) in [5.41, 5.74) is 0. The van der Waals surface area contributed by atoms with Crippen molar-refractivity contribution in [3.8, 4) is 0 Å². The van der Waals surface area contributed by atoms with Crippen LogP contribution in [-0.4, -0.2) is 24.1 Å². The van der Waals surface area contributed by atoms with Crippen LogP contribution in [0, 0.1) is 5.92 Å². The maximum absolute atomic E-state index is 4.54. The molecule has 0 unspecified atom stereocenters. The zero-order valence-electron chi connectivity index (χ0n) is 12.5. The van der Waals surface area contributed by atoms with Gasteiger partial charge in [-0.2, -0.15) is 0 Å². The van der Waals surface area contributed by atoms with Gasteiger partial charge in [-0.1, -0.05) is 12.8 Å². The van der Waals surface area contributed by atoms with E-state index in [2.05, 4.69) is 36.0 Å². The quantitative estimate of drug-likeness (QED) is 0.827. The number of nitrogens with one attached hydrogen (secondary N) is 1. The molecule has 1 aromatic heterocycles. The second-order valence-corrected chi connectivity index (χ2v) is 6.59. The Morgan fingerprint density at radius 1 is 1.37 bits per heavy atom. The van der Waals surface area contributed by atoms with Crippen LogP contribution in [0.4, 0.5) is 5.13 Å². The molecular weight excluding hydrogens is 254 g/mol. The Hall–Kier alpha value is -0.610. The lowest BCUT2D eigenvalue weighted by molar-refractivity contribution is 0.381. The molecule has 108 valence electrons. The summed E-state index contributed by atoms with van der Waals surface area (Å²) in [7, 11) is 0. The molecule has 1 heterocycles. The molecule has 2 rings (SSSR count). The Bertz CT molecular complexity index is 367. The summed E-state index contributed by atoms with van der Waals surface area (Å²) in [5.74, 6) is 0.884. The van der Waals surface area contributed by atoms with Crippen LogP contribution in [0.15, 0.2) is 6.20 Å². The fourth-order valence-electron chi connectivity index (χ4n) is 2.90. The fraction of sp³-hybridized carbons (Fsp3) is 0.800. The van der Waals surface area contributed by atoms with Crippen molar-refractivity contribution in [2.45, 2.75) is 59.0 Å². The fourth-order valence-corrected chi connectivity index (χ4v) is 3.89. The largest absolute Gasteiger partial charge is 0.349 e. The van der Waals surface area contributed by atoms with Gasteiger partial charge in [0, 0.05) is 36.8 Å². The minimum Gasteiger partial charge on any atom is -0.349 e. The SMILES string of the molecule is CCN(CC)c1ncc(CN[C@H](C)C2CCCC2)s1. The summed E-state index contributed by atoms with van der Waals surface area (Å²) in [5, 5.41) is 4.84. The summed E-state index contributed by atoms with van der Waals surface area (Å²) in [6.45, 7) is 9.75. The summed E-state index contributed by atoms with van der Waals surface area (Å²) in [4.78, 5) is 8.21. The molecular formula is C15H27N3S. The molecule has 3 nitrogen and oxygen atoms in total. The molecule has 0 amide bonds. The third kappa shape index (κ3) is 3.93. The van der Waals surface area contributed by atoms with Crippen LogP contribution in [0.2, 0.25) is 0 Å². The van der Waals surface area contributed by atoms with Crippen LogP contribution in [0.1, 0.15) is 51.3 Å². The van der Waals surface area contributed by atoms with Gasteiger partial charge in [0.25, 0.3) is 0 Å². The highest BCUT2D eigenvalue weighted by Crippen LogP contribution is 2.28. The third-order valence-corrected chi connectivity index (χ3v) is 5.34. The predicted octanol–water partition coefficient (Wildman–Crippen LogP) is 3.66. The minimum atomic E-state index is 0.640. The predicted molar refractivity (Wildman–Crippen MR) is 83.9 cm³/mol. The number of nitrogens with zero attached hydrogens (tertiary/aromatic N) is 2. The van der Waals surface area contributed by atoms with Gasteiger partial charge in [0.2, 0.25) is 0 Å². The van der Waals surface area contributed by atoms with Gasteiger partial charge < -0.3 is 10.2 Å². The molecule has 0 aromatic carbocycles. The van der Waals surface area contributed by atoms with E-state index in [-0.39, 0.29) is 0 Å². The molecule has 0 spiro atoms. The Kier molecular flexibility index (Phi) is 5.64. The molecule has 1 N–H and O–H groups in total. The standard InChI is InChI=1S/C15H27N3S/c1-4-18(5-2)15-17-11-14(19-15)10-16-12(3)13-8-6-7-9-13/h11-13,16H,4-10H2,1-3H3/t12-/m1/s1. The van der Waals surface area contributed by atoms with Gasteiger partial charge in [-0.15, -0.1) is 11.3 Å². The maximum atomic E-state index is 4.54. The first-order chi connectivity index (χ1) is 9.24. The highest BCUT2D eigenvalue weighted by atomic mass is 32.1. The maximum Gasteiger partial charge on any atom is 0.185 e. The average Bonchev–Trinajstić information content (AvgIpc) is 3.09. The Labute approximate surface area is 121 Å². The van der Waals surface area contributed by atoms with Gasteiger partial charge in [-0.25, -0.2) is 4.98 Å². The Morgan fingerprint density at radius 2 is 2.05 bits per heavy atom. The number of thiazole rings is 1. The van der Waals surface area contributed by atoms with Gasteiger partial charge in [-0.05, 0) is 39.5 Å². The molecule has 0 saturated heterocycles. The second-order valence-electron chi connectivity index (χ2n) is 5.50. The van der Waals surface area contributed by atoms with Crippen LogP contribution >= 0.6 is 11.3 Å². The average molecular weight is 281 g/mol. The summed E-state index contributed by atoms with van der Waals surface area (Å²) >= 11 is 1.83. The van der Waals surface area contributed by atoms with E-state index in [1.54, 1.807) is 0 Å². The van der Waals surface area contributed by atoms with Crippen molar-refractivity contribution in [3.05, 3.63) is 11.1 Å². The van der Waals surface area contributed by atoms with Crippen molar-refractivity contribution in [3.63, 3.8) is 0 Å². The number of hydrogen-bond donors (Lipinski definition) is 1. The van der Waals surface area contributed by atoms with Crippen LogP contribution in [0.5, 0.6) is 0 Å². The summed E-state index contributed by atoms with van der Waals surface area (Å²) in [6.07, 6.45) is 7.68. The van der Waals surface area contributed by atoms with E-state index in [9.17, 15) is 0 Å².